The summed E-state index contributed by atoms with van der Waals surface area (Å²) in [6, 6.07) is 21.3. The Balaban J connectivity index is 1.33. The van der Waals surface area contributed by atoms with E-state index in [1.165, 1.54) is 17.2 Å². The van der Waals surface area contributed by atoms with Crippen molar-refractivity contribution in [3.63, 3.8) is 0 Å². The standard InChI is InChI=1S/C34H38N2O4/c1-2-33(16-6-17-35-33)24-34(40,30-12-13-31(38)29(20-30)23-37)21-26-8-5-7-25(19-26)11-14-32(39)36-18-15-27-9-3-4-10-28(27)22-36/h3-10,12-13,16-17,19-20,37-38,40H,2,11,14-15,18,21-24H2,1H3. The number of nitrogens with zero attached hydrogens (tertiary/aromatic N) is 2. The first kappa shape index (κ1) is 27.8. The molecule has 0 saturated carbocycles. The number of allylic oxidation sites excluding steroid dienone is 1. The molecule has 0 spiro atoms. The van der Waals surface area contributed by atoms with Crippen LogP contribution in [-0.4, -0.2) is 44.4 Å². The molecule has 6 heteroatoms. The second-order valence-corrected chi connectivity index (χ2v) is 11.1. The Kier molecular flexibility index (Phi) is 8.19. The number of carbonyl (C=O) groups is 1. The molecular formula is C34H38N2O4. The number of carbonyl (C=O) groups excluding carboxylic acids is 1. The zero-order valence-electron chi connectivity index (χ0n) is 23.1. The molecule has 0 aromatic heterocycles. The van der Waals surface area contributed by atoms with Gasteiger partial charge in [-0.05, 0) is 65.3 Å². The van der Waals surface area contributed by atoms with Crippen LogP contribution >= 0.6 is 0 Å². The number of phenols is 1. The Bertz CT molecular complexity index is 1420. The molecule has 5 rings (SSSR count). The topological polar surface area (TPSA) is 93.4 Å². The van der Waals surface area contributed by atoms with Crippen LogP contribution in [0.5, 0.6) is 5.75 Å². The highest BCUT2D eigenvalue weighted by Crippen LogP contribution is 2.40. The molecular weight excluding hydrogens is 500 g/mol. The number of benzene rings is 3. The van der Waals surface area contributed by atoms with Crippen molar-refractivity contribution in [2.75, 3.05) is 6.54 Å². The van der Waals surface area contributed by atoms with Crippen LogP contribution in [0.2, 0.25) is 0 Å². The van der Waals surface area contributed by atoms with Gasteiger partial charge in [0.25, 0.3) is 0 Å². The lowest BCUT2D eigenvalue weighted by Crippen LogP contribution is -2.38. The quantitative estimate of drug-likeness (QED) is 0.338. The molecule has 2 aliphatic rings. The van der Waals surface area contributed by atoms with Crippen molar-refractivity contribution in [3.05, 3.63) is 112 Å². The molecule has 0 bridgehead atoms. The van der Waals surface area contributed by atoms with Gasteiger partial charge in [-0.1, -0.05) is 67.6 Å². The molecule has 3 N–H and O–H groups in total. The van der Waals surface area contributed by atoms with Crippen LogP contribution in [0.3, 0.4) is 0 Å². The van der Waals surface area contributed by atoms with Gasteiger partial charge in [0.2, 0.25) is 5.91 Å². The summed E-state index contributed by atoms with van der Waals surface area (Å²) < 4.78 is 0. The van der Waals surface area contributed by atoms with E-state index in [-0.39, 0.29) is 18.3 Å². The molecule has 0 fully saturated rings. The zero-order chi connectivity index (χ0) is 28.2. The van der Waals surface area contributed by atoms with Gasteiger partial charge in [-0.3, -0.25) is 9.79 Å². The summed E-state index contributed by atoms with van der Waals surface area (Å²) in [7, 11) is 0. The van der Waals surface area contributed by atoms with Gasteiger partial charge in [0.1, 0.15) is 5.75 Å². The minimum absolute atomic E-state index is 0.00134. The molecule has 0 aliphatic carbocycles. The number of hydrogen-bond donors (Lipinski definition) is 3. The monoisotopic (exact) mass is 538 g/mol. The SMILES string of the molecule is CCC1(CC(O)(Cc2cccc(CCC(=O)N3CCc4ccccc4C3)c2)c2ccc(O)c(CO)c2)C=CC=N1. The van der Waals surface area contributed by atoms with E-state index in [1.54, 1.807) is 18.3 Å². The second kappa shape index (κ2) is 11.8. The Morgan fingerprint density at radius 1 is 1.05 bits per heavy atom. The van der Waals surface area contributed by atoms with Gasteiger partial charge in [-0.25, -0.2) is 0 Å². The second-order valence-electron chi connectivity index (χ2n) is 11.1. The van der Waals surface area contributed by atoms with Crippen molar-refractivity contribution in [2.24, 2.45) is 4.99 Å². The molecule has 1 amide bonds. The van der Waals surface area contributed by atoms with Gasteiger partial charge < -0.3 is 20.2 Å². The summed E-state index contributed by atoms with van der Waals surface area (Å²) in [6.45, 7) is 3.16. The lowest BCUT2D eigenvalue weighted by Gasteiger charge is -2.36. The predicted molar refractivity (Wildman–Crippen MR) is 157 cm³/mol. The van der Waals surface area contributed by atoms with Gasteiger partial charge in [0, 0.05) is 44.1 Å². The average molecular weight is 539 g/mol. The van der Waals surface area contributed by atoms with Gasteiger partial charge in [-0.2, -0.15) is 0 Å². The fourth-order valence-electron chi connectivity index (χ4n) is 6.02. The van der Waals surface area contributed by atoms with Crippen molar-refractivity contribution in [3.8, 4) is 5.75 Å². The van der Waals surface area contributed by atoms with Crippen molar-refractivity contribution in [1.29, 1.82) is 0 Å². The highest BCUT2D eigenvalue weighted by Gasteiger charge is 2.40. The third-order valence-corrected chi connectivity index (χ3v) is 8.42. The third-order valence-electron chi connectivity index (χ3n) is 8.42. The molecule has 6 nitrogen and oxygen atoms in total. The van der Waals surface area contributed by atoms with Crippen LogP contribution in [0, 0.1) is 0 Å². The fourth-order valence-corrected chi connectivity index (χ4v) is 6.02. The van der Waals surface area contributed by atoms with E-state index in [0.29, 0.717) is 43.4 Å². The maximum absolute atomic E-state index is 13.1. The molecule has 3 aromatic carbocycles. The van der Waals surface area contributed by atoms with Gasteiger partial charge in [-0.15, -0.1) is 0 Å². The molecule has 0 saturated heterocycles. The van der Waals surface area contributed by atoms with Crippen molar-refractivity contribution < 1.29 is 20.1 Å². The van der Waals surface area contributed by atoms with E-state index >= 15 is 0 Å². The van der Waals surface area contributed by atoms with Crippen LogP contribution in [0.1, 0.15) is 59.6 Å². The number of fused-ring (bicyclic) bond motifs is 1. The van der Waals surface area contributed by atoms with Gasteiger partial charge in [0.15, 0.2) is 0 Å². The summed E-state index contributed by atoms with van der Waals surface area (Å²) in [4.78, 5) is 19.7. The highest BCUT2D eigenvalue weighted by atomic mass is 16.3. The largest absolute Gasteiger partial charge is 0.508 e. The van der Waals surface area contributed by atoms with Crippen molar-refractivity contribution in [1.82, 2.24) is 4.90 Å². The van der Waals surface area contributed by atoms with Crippen LogP contribution in [0.15, 0.2) is 83.9 Å². The van der Waals surface area contributed by atoms with E-state index in [0.717, 1.165) is 30.5 Å². The summed E-state index contributed by atoms with van der Waals surface area (Å²) >= 11 is 0. The first-order valence-corrected chi connectivity index (χ1v) is 14.1. The van der Waals surface area contributed by atoms with E-state index in [2.05, 4.69) is 36.2 Å². The maximum Gasteiger partial charge on any atom is 0.223 e. The van der Waals surface area contributed by atoms with Gasteiger partial charge in [0.05, 0.1) is 17.7 Å². The third kappa shape index (κ3) is 6.03. The smallest absolute Gasteiger partial charge is 0.223 e. The summed E-state index contributed by atoms with van der Waals surface area (Å²) in [5, 5.41) is 32.1. The van der Waals surface area contributed by atoms with E-state index in [4.69, 9.17) is 0 Å². The lowest BCUT2D eigenvalue weighted by molar-refractivity contribution is -0.132. The van der Waals surface area contributed by atoms with Gasteiger partial charge >= 0.3 is 0 Å². The van der Waals surface area contributed by atoms with Crippen molar-refractivity contribution in [2.45, 2.75) is 69.7 Å². The molecule has 2 aliphatic heterocycles. The minimum atomic E-state index is -1.30. The number of rotatable bonds is 10. The molecule has 3 aromatic rings. The normalized spacial score (nSPS) is 19.4. The predicted octanol–water partition coefficient (Wildman–Crippen LogP) is 5.01. The summed E-state index contributed by atoms with van der Waals surface area (Å²) in [6.07, 6.45) is 9.11. The number of aliphatic hydroxyl groups is 2. The Morgan fingerprint density at radius 3 is 2.60 bits per heavy atom. The number of aliphatic hydroxyl groups excluding tert-OH is 1. The minimum Gasteiger partial charge on any atom is -0.508 e. The molecule has 0 radical (unpaired) electrons. The summed E-state index contributed by atoms with van der Waals surface area (Å²) in [5.74, 6) is 0.161. The molecule has 2 heterocycles. The first-order valence-electron chi connectivity index (χ1n) is 14.1. The average Bonchev–Trinajstić information content (AvgIpc) is 3.44. The number of aromatic hydroxyl groups is 1. The van der Waals surface area contributed by atoms with E-state index < -0.39 is 11.1 Å². The lowest BCUT2D eigenvalue weighted by atomic mass is 9.75. The number of hydrogen-bond acceptors (Lipinski definition) is 5. The van der Waals surface area contributed by atoms with E-state index in [1.807, 2.05) is 41.3 Å². The number of aliphatic imine (C=N–C) groups is 1. The first-order chi connectivity index (χ1) is 19.3. The fraction of sp³-hybridized carbons (Fsp3) is 0.353. The Hall–Kier alpha value is -3.74. The summed E-state index contributed by atoms with van der Waals surface area (Å²) in [5.41, 5.74) is 3.75. The molecule has 2 atom stereocenters. The van der Waals surface area contributed by atoms with Crippen LogP contribution in [-0.2, 0) is 42.8 Å². The maximum atomic E-state index is 13.1. The van der Waals surface area contributed by atoms with Crippen LogP contribution in [0.4, 0.5) is 0 Å². The number of aryl methyl sites for hydroxylation is 1. The van der Waals surface area contributed by atoms with Crippen molar-refractivity contribution >= 4 is 12.1 Å². The molecule has 208 valence electrons. The Morgan fingerprint density at radius 2 is 1.85 bits per heavy atom. The molecule has 40 heavy (non-hydrogen) atoms. The molecule has 2 unspecified atom stereocenters. The number of amides is 1. The zero-order valence-corrected chi connectivity index (χ0v) is 23.1. The van der Waals surface area contributed by atoms with E-state index in [9.17, 15) is 20.1 Å². The Labute approximate surface area is 236 Å². The van der Waals surface area contributed by atoms with Crippen LogP contribution < -0.4 is 0 Å². The highest BCUT2D eigenvalue weighted by molar-refractivity contribution is 5.77. The van der Waals surface area contributed by atoms with Crippen LogP contribution in [0.25, 0.3) is 0 Å².